The molecule has 6 nitrogen and oxygen atoms in total. The van der Waals surface area contributed by atoms with E-state index >= 15 is 0 Å². The number of halogens is 3. The van der Waals surface area contributed by atoms with E-state index in [1.54, 1.807) is 0 Å². The molecule has 0 fully saturated rings. The van der Waals surface area contributed by atoms with Crippen molar-refractivity contribution in [2.24, 2.45) is 0 Å². The molecule has 0 amide bonds. The lowest BCUT2D eigenvalue weighted by Gasteiger charge is -2.06. The van der Waals surface area contributed by atoms with Gasteiger partial charge in [-0.2, -0.15) is 0 Å². The Balaban J connectivity index is 3.39. The van der Waals surface area contributed by atoms with Gasteiger partial charge in [-0.15, -0.1) is 0 Å². The van der Waals surface area contributed by atoms with Gasteiger partial charge in [0.2, 0.25) is 0 Å². The summed E-state index contributed by atoms with van der Waals surface area (Å²) >= 11 is 0. The largest absolute Gasteiger partial charge is 0.484 e. The first-order valence-corrected chi connectivity index (χ1v) is 6.69. The standard InChI is InChI=1S/C8H6ClF2NO5S/c9-18(15,16)8-4-6(12(13)14)7(3-5(8)11)17-2-1-10/h3-4H,1-2H2. The van der Waals surface area contributed by atoms with Gasteiger partial charge in [0.05, 0.1) is 4.92 Å². The molecular formula is C8H6ClF2NO5S. The Morgan fingerprint density at radius 1 is 1.44 bits per heavy atom. The molecule has 0 heterocycles. The second-order valence-electron chi connectivity index (χ2n) is 2.98. The average molecular weight is 302 g/mol. The third-order valence-electron chi connectivity index (χ3n) is 1.81. The van der Waals surface area contributed by atoms with Gasteiger partial charge in [0.1, 0.15) is 24.0 Å². The Morgan fingerprint density at radius 3 is 2.50 bits per heavy atom. The van der Waals surface area contributed by atoms with Crippen LogP contribution < -0.4 is 4.74 Å². The van der Waals surface area contributed by atoms with Gasteiger partial charge in [-0.25, -0.2) is 17.2 Å². The minimum atomic E-state index is -4.46. The van der Waals surface area contributed by atoms with Crippen molar-refractivity contribution in [3.63, 3.8) is 0 Å². The van der Waals surface area contributed by atoms with E-state index in [0.29, 0.717) is 12.1 Å². The van der Waals surface area contributed by atoms with Crippen molar-refractivity contribution >= 4 is 25.4 Å². The molecule has 0 aromatic heterocycles. The Kier molecular flexibility index (Phi) is 4.41. The number of benzene rings is 1. The van der Waals surface area contributed by atoms with Crippen molar-refractivity contribution < 1.29 is 26.9 Å². The molecule has 1 aromatic carbocycles. The van der Waals surface area contributed by atoms with Crippen LogP contribution in [0.25, 0.3) is 0 Å². The predicted octanol–water partition coefficient (Wildman–Crippen LogP) is 2.01. The van der Waals surface area contributed by atoms with Crippen LogP contribution >= 0.6 is 10.7 Å². The fourth-order valence-electron chi connectivity index (χ4n) is 1.12. The van der Waals surface area contributed by atoms with Crippen molar-refractivity contribution in [2.45, 2.75) is 4.90 Å². The summed E-state index contributed by atoms with van der Waals surface area (Å²) in [7, 11) is 0.442. The molecule has 1 rings (SSSR count). The zero-order valence-corrected chi connectivity index (χ0v) is 10.2. The first kappa shape index (κ1) is 14.6. The van der Waals surface area contributed by atoms with Crippen LogP contribution in [0.1, 0.15) is 0 Å². The summed E-state index contributed by atoms with van der Waals surface area (Å²) in [5.74, 6) is -1.89. The van der Waals surface area contributed by atoms with Gasteiger partial charge in [-0.1, -0.05) is 0 Å². The van der Waals surface area contributed by atoms with E-state index in [4.69, 9.17) is 10.7 Å². The fourth-order valence-corrected chi connectivity index (χ4v) is 2.02. The van der Waals surface area contributed by atoms with Crippen molar-refractivity contribution in [3.05, 3.63) is 28.1 Å². The monoisotopic (exact) mass is 301 g/mol. The summed E-state index contributed by atoms with van der Waals surface area (Å²) in [4.78, 5) is 8.62. The highest BCUT2D eigenvalue weighted by molar-refractivity contribution is 8.13. The van der Waals surface area contributed by atoms with Crippen LogP contribution in [0.15, 0.2) is 17.0 Å². The molecule has 0 aliphatic carbocycles. The lowest BCUT2D eigenvalue weighted by Crippen LogP contribution is -2.05. The van der Waals surface area contributed by atoms with Crippen LogP contribution in [0.4, 0.5) is 14.5 Å². The highest BCUT2D eigenvalue weighted by Crippen LogP contribution is 2.33. The molecule has 0 radical (unpaired) electrons. The minimum absolute atomic E-state index is 0.422. The van der Waals surface area contributed by atoms with E-state index in [2.05, 4.69) is 4.74 Å². The number of hydrogen-bond acceptors (Lipinski definition) is 5. The van der Waals surface area contributed by atoms with E-state index in [0.717, 1.165) is 0 Å². The first-order valence-electron chi connectivity index (χ1n) is 4.38. The molecule has 0 N–H and O–H groups in total. The normalized spacial score (nSPS) is 11.3. The summed E-state index contributed by atoms with van der Waals surface area (Å²) in [5, 5.41) is 10.6. The summed E-state index contributed by atoms with van der Waals surface area (Å²) in [6.45, 7) is -1.46. The molecule has 1 aromatic rings. The molecule has 10 heteroatoms. The van der Waals surface area contributed by atoms with Crippen LogP contribution in [0, 0.1) is 15.9 Å². The Labute approximate surface area is 105 Å². The van der Waals surface area contributed by atoms with Gasteiger partial charge < -0.3 is 4.74 Å². The van der Waals surface area contributed by atoms with Gasteiger partial charge >= 0.3 is 5.69 Å². The SMILES string of the molecule is O=[N+]([O-])c1cc(S(=O)(=O)Cl)c(F)cc1OCCF. The van der Waals surface area contributed by atoms with Crippen molar-refractivity contribution in [1.29, 1.82) is 0 Å². The molecule has 0 saturated carbocycles. The van der Waals surface area contributed by atoms with Gasteiger partial charge in [-0.05, 0) is 0 Å². The minimum Gasteiger partial charge on any atom is -0.484 e. The van der Waals surface area contributed by atoms with E-state index in [1.165, 1.54) is 0 Å². The third-order valence-corrected chi connectivity index (χ3v) is 3.14. The van der Waals surface area contributed by atoms with Gasteiger partial charge in [0.15, 0.2) is 5.75 Å². The summed E-state index contributed by atoms with van der Waals surface area (Å²) in [6, 6.07) is 0.897. The number of nitro benzene ring substituents is 1. The van der Waals surface area contributed by atoms with E-state index < -0.39 is 49.4 Å². The van der Waals surface area contributed by atoms with E-state index in [-0.39, 0.29) is 0 Å². The summed E-state index contributed by atoms with van der Waals surface area (Å²) in [5.41, 5.74) is -0.816. The fraction of sp³-hybridized carbons (Fsp3) is 0.250. The van der Waals surface area contributed by atoms with E-state index in [9.17, 15) is 27.3 Å². The molecule has 0 atom stereocenters. The lowest BCUT2D eigenvalue weighted by molar-refractivity contribution is -0.386. The zero-order chi connectivity index (χ0) is 13.9. The molecule has 0 spiro atoms. The lowest BCUT2D eigenvalue weighted by atomic mass is 10.3. The molecular weight excluding hydrogens is 296 g/mol. The van der Waals surface area contributed by atoms with Crippen LogP contribution in [0.2, 0.25) is 0 Å². The maximum Gasteiger partial charge on any atom is 0.312 e. The highest BCUT2D eigenvalue weighted by atomic mass is 35.7. The second kappa shape index (κ2) is 5.44. The van der Waals surface area contributed by atoms with Gasteiger partial charge in [-0.3, -0.25) is 10.1 Å². The summed E-state index contributed by atoms with van der Waals surface area (Å²) in [6.07, 6.45) is 0. The zero-order valence-electron chi connectivity index (χ0n) is 8.60. The number of ether oxygens (including phenoxy) is 1. The smallest absolute Gasteiger partial charge is 0.312 e. The summed E-state index contributed by atoms with van der Waals surface area (Å²) < 4.78 is 51.7. The average Bonchev–Trinajstić information content (AvgIpc) is 2.23. The maximum atomic E-state index is 13.4. The first-order chi connectivity index (χ1) is 8.27. The molecule has 18 heavy (non-hydrogen) atoms. The van der Waals surface area contributed by atoms with Crippen LogP contribution in [-0.2, 0) is 9.05 Å². The number of nitro groups is 1. The van der Waals surface area contributed by atoms with Crippen molar-refractivity contribution in [2.75, 3.05) is 13.3 Å². The maximum absolute atomic E-state index is 13.4. The predicted molar refractivity (Wildman–Crippen MR) is 57.6 cm³/mol. The van der Waals surface area contributed by atoms with Crippen LogP contribution in [-0.4, -0.2) is 26.6 Å². The van der Waals surface area contributed by atoms with Crippen molar-refractivity contribution in [3.8, 4) is 5.75 Å². The number of hydrogen-bond donors (Lipinski definition) is 0. The molecule has 0 saturated heterocycles. The molecule has 100 valence electrons. The molecule has 0 unspecified atom stereocenters. The Hall–Kier alpha value is -1.48. The molecule has 0 aliphatic heterocycles. The third kappa shape index (κ3) is 3.26. The second-order valence-corrected chi connectivity index (χ2v) is 5.52. The van der Waals surface area contributed by atoms with Gasteiger partial charge in [0.25, 0.3) is 9.05 Å². The Bertz CT molecular complexity index is 577. The number of rotatable bonds is 5. The quantitative estimate of drug-likeness (QED) is 0.471. The van der Waals surface area contributed by atoms with Gasteiger partial charge in [0, 0.05) is 22.8 Å². The number of alkyl halides is 1. The van der Waals surface area contributed by atoms with E-state index in [1.807, 2.05) is 0 Å². The van der Waals surface area contributed by atoms with Crippen molar-refractivity contribution in [1.82, 2.24) is 0 Å². The topological polar surface area (TPSA) is 86.5 Å². The van der Waals surface area contributed by atoms with Crippen LogP contribution in [0.5, 0.6) is 5.75 Å². The number of nitrogens with zero attached hydrogens (tertiary/aromatic N) is 1. The van der Waals surface area contributed by atoms with Crippen LogP contribution in [0.3, 0.4) is 0 Å². The highest BCUT2D eigenvalue weighted by Gasteiger charge is 2.25. The molecule has 0 aliphatic rings. The Morgan fingerprint density at radius 2 is 2.06 bits per heavy atom. The molecule has 0 bridgehead atoms.